The number of nitrogens with zero attached hydrogens (tertiary/aromatic N) is 2. The lowest BCUT2D eigenvalue weighted by Crippen LogP contribution is -2.46. The molecule has 1 N–H and O–H groups in total. The lowest BCUT2D eigenvalue weighted by Gasteiger charge is -2.22. The van der Waals surface area contributed by atoms with Crippen molar-refractivity contribution in [3.05, 3.63) is 39.9 Å². The van der Waals surface area contributed by atoms with Crippen LogP contribution in [0.5, 0.6) is 0 Å². The van der Waals surface area contributed by atoms with E-state index in [0.29, 0.717) is 0 Å². The van der Waals surface area contributed by atoms with Crippen molar-refractivity contribution in [1.29, 1.82) is 5.26 Å². The number of carbonyl (C=O) groups is 1. The molecule has 2 rings (SSSR count). The van der Waals surface area contributed by atoms with Crippen LogP contribution < -0.4 is 5.32 Å². The van der Waals surface area contributed by atoms with Crippen molar-refractivity contribution < 1.29 is 9.72 Å². The summed E-state index contributed by atoms with van der Waals surface area (Å²) in [7, 11) is 0. The van der Waals surface area contributed by atoms with Crippen LogP contribution in [0.1, 0.15) is 30.1 Å². The van der Waals surface area contributed by atoms with Gasteiger partial charge in [-0.25, -0.2) is 0 Å². The minimum Gasteiger partial charge on any atom is -0.333 e. The Hall–Kier alpha value is -2.42. The highest BCUT2D eigenvalue weighted by molar-refractivity contribution is 5.98. The van der Waals surface area contributed by atoms with Crippen molar-refractivity contribution in [2.24, 2.45) is 5.92 Å². The van der Waals surface area contributed by atoms with Crippen LogP contribution in [0.15, 0.2) is 24.3 Å². The van der Waals surface area contributed by atoms with Gasteiger partial charge in [0.25, 0.3) is 11.6 Å². The topological polar surface area (TPSA) is 96.0 Å². The Morgan fingerprint density at radius 2 is 2.16 bits per heavy atom. The van der Waals surface area contributed by atoms with Crippen LogP contribution in [0.3, 0.4) is 0 Å². The van der Waals surface area contributed by atoms with Crippen molar-refractivity contribution in [3.8, 4) is 6.07 Å². The van der Waals surface area contributed by atoms with Gasteiger partial charge in [0.15, 0.2) is 0 Å². The number of amides is 1. The quantitative estimate of drug-likeness (QED) is 0.660. The van der Waals surface area contributed by atoms with Crippen LogP contribution in [0.25, 0.3) is 0 Å². The molecule has 6 nitrogen and oxygen atoms in total. The fourth-order valence-corrected chi connectivity index (χ4v) is 2.01. The van der Waals surface area contributed by atoms with Crippen molar-refractivity contribution in [3.63, 3.8) is 0 Å². The highest BCUT2D eigenvalue weighted by atomic mass is 16.6. The number of nitro benzene ring substituents is 1. The third-order valence-corrected chi connectivity index (χ3v) is 3.34. The first-order valence-corrected chi connectivity index (χ1v) is 5.95. The minimum absolute atomic E-state index is 0.0189. The largest absolute Gasteiger partial charge is 0.333 e. The van der Waals surface area contributed by atoms with Crippen LogP contribution in [-0.2, 0) is 0 Å². The molecule has 1 saturated carbocycles. The summed E-state index contributed by atoms with van der Waals surface area (Å²) in [4.78, 5) is 22.4. The average Bonchev–Trinajstić information content (AvgIpc) is 3.23. The second kappa shape index (κ2) is 4.69. The minimum atomic E-state index is -0.958. The molecule has 1 amide bonds. The van der Waals surface area contributed by atoms with E-state index in [1.54, 1.807) is 13.0 Å². The Morgan fingerprint density at radius 3 is 2.68 bits per heavy atom. The van der Waals surface area contributed by atoms with Gasteiger partial charge < -0.3 is 5.32 Å². The number of nitriles is 1. The Bertz CT molecular complexity index is 575. The molecule has 0 saturated heterocycles. The molecule has 0 aliphatic heterocycles. The molecule has 0 heterocycles. The first kappa shape index (κ1) is 13.0. The van der Waals surface area contributed by atoms with E-state index in [-0.39, 0.29) is 17.2 Å². The summed E-state index contributed by atoms with van der Waals surface area (Å²) in [5, 5.41) is 22.7. The van der Waals surface area contributed by atoms with E-state index >= 15 is 0 Å². The molecular weight excluding hydrogens is 246 g/mol. The SMILES string of the molecule is C[C@](C#N)(NC(=O)c1ccccc1[N+](=O)[O-])C1CC1. The Labute approximate surface area is 110 Å². The highest BCUT2D eigenvalue weighted by Crippen LogP contribution is 2.39. The maximum absolute atomic E-state index is 12.1. The van der Waals surface area contributed by atoms with Gasteiger partial charge >= 0.3 is 0 Å². The highest BCUT2D eigenvalue weighted by Gasteiger charge is 2.43. The van der Waals surface area contributed by atoms with Gasteiger partial charge in [-0.05, 0) is 31.7 Å². The van der Waals surface area contributed by atoms with Gasteiger partial charge in [0.1, 0.15) is 11.1 Å². The first-order chi connectivity index (χ1) is 8.98. The molecule has 0 radical (unpaired) electrons. The number of hydrogen-bond acceptors (Lipinski definition) is 4. The number of hydrogen-bond donors (Lipinski definition) is 1. The Balaban J connectivity index is 2.26. The van der Waals surface area contributed by atoms with E-state index in [1.165, 1.54) is 18.2 Å². The lowest BCUT2D eigenvalue weighted by molar-refractivity contribution is -0.385. The summed E-state index contributed by atoms with van der Waals surface area (Å²) in [5.41, 5.74) is -1.23. The zero-order valence-corrected chi connectivity index (χ0v) is 10.4. The van der Waals surface area contributed by atoms with Gasteiger partial charge in [-0.2, -0.15) is 5.26 Å². The van der Waals surface area contributed by atoms with Crippen LogP contribution >= 0.6 is 0 Å². The number of carbonyl (C=O) groups excluding carboxylic acids is 1. The smallest absolute Gasteiger partial charge is 0.282 e. The van der Waals surface area contributed by atoms with Gasteiger partial charge in [-0.3, -0.25) is 14.9 Å². The fourth-order valence-electron chi connectivity index (χ4n) is 2.01. The summed E-state index contributed by atoms with van der Waals surface area (Å²) < 4.78 is 0. The van der Waals surface area contributed by atoms with Crippen molar-refractivity contribution in [1.82, 2.24) is 5.32 Å². The Kier molecular flexibility index (Phi) is 3.21. The van der Waals surface area contributed by atoms with E-state index in [4.69, 9.17) is 0 Å². The summed E-state index contributed by atoms with van der Waals surface area (Å²) in [6.07, 6.45) is 1.78. The van der Waals surface area contributed by atoms with Crippen molar-refractivity contribution in [2.75, 3.05) is 0 Å². The molecule has 0 unspecified atom stereocenters. The summed E-state index contributed by atoms with van der Waals surface area (Å²) in [6, 6.07) is 7.81. The van der Waals surface area contributed by atoms with E-state index in [9.17, 15) is 20.2 Å². The van der Waals surface area contributed by atoms with Crippen LogP contribution in [0.4, 0.5) is 5.69 Å². The zero-order chi connectivity index (χ0) is 14.0. The summed E-state index contributed by atoms with van der Waals surface area (Å²) in [5.74, 6) is -0.451. The Morgan fingerprint density at radius 1 is 1.53 bits per heavy atom. The van der Waals surface area contributed by atoms with Gasteiger partial charge in [-0.15, -0.1) is 0 Å². The van der Waals surface area contributed by atoms with E-state index in [2.05, 4.69) is 11.4 Å². The molecule has 0 aromatic heterocycles. The maximum Gasteiger partial charge on any atom is 0.282 e. The number of nitrogens with one attached hydrogen (secondary N) is 1. The van der Waals surface area contributed by atoms with E-state index in [1.807, 2.05) is 0 Å². The standard InChI is InChI=1S/C13H13N3O3/c1-13(8-14,9-6-7-9)15-12(17)10-4-2-3-5-11(10)16(18)19/h2-5,9H,6-7H2,1H3,(H,15,17)/t13-/m1/s1. The first-order valence-electron chi connectivity index (χ1n) is 5.95. The van der Waals surface area contributed by atoms with Crippen molar-refractivity contribution >= 4 is 11.6 Å². The predicted molar refractivity (Wildman–Crippen MR) is 67.3 cm³/mol. The van der Waals surface area contributed by atoms with Crippen LogP contribution in [0, 0.1) is 27.4 Å². The fraction of sp³-hybridized carbons (Fsp3) is 0.385. The van der Waals surface area contributed by atoms with Gasteiger partial charge in [0.2, 0.25) is 0 Å². The predicted octanol–water partition coefficient (Wildman–Crippen LogP) is 2.02. The zero-order valence-electron chi connectivity index (χ0n) is 10.4. The molecular formula is C13H13N3O3. The molecule has 0 spiro atoms. The molecule has 6 heteroatoms. The third kappa shape index (κ3) is 2.55. The number of rotatable bonds is 4. The monoisotopic (exact) mass is 259 g/mol. The second-order valence-electron chi connectivity index (χ2n) is 4.82. The molecule has 1 aromatic rings. The molecule has 1 fully saturated rings. The van der Waals surface area contributed by atoms with Gasteiger partial charge in [0, 0.05) is 6.07 Å². The molecule has 0 bridgehead atoms. The normalized spacial score (nSPS) is 17.1. The average molecular weight is 259 g/mol. The van der Waals surface area contributed by atoms with Gasteiger partial charge in [-0.1, -0.05) is 12.1 Å². The molecule has 1 aliphatic carbocycles. The third-order valence-electron chi connectivity index (χ3n) is 3.34. The maximum atomic E-state index is 12.1. The molecule has 19 heavy (non-hydrogen) atoms. The van der Waals surface area contributed by atoms with Crippen molar-refractivity contribution in [2.45, 2.75) is 25.3 Å². The van der Waals surface area contributed by atoms with Gasteiger partial charge in [0.05, 0.1) is 11.0 Å². The van der Waals surface area contributed by atoms with E-state index < -0.39 is 16.4 Å². The summed E-state index contributed by atoms with van der Waals surface area (Å²) >= 11 is 0. The molecule has 1 aromatic carbocycles. The summed E-state index contributed by atoms with van der Waals surface area (Å²) in [6.45, 7) is 1.65. The molecule has 1 atom stereocenters. The lowest BCUT2D eigenvalue weighted by atomic mass is 9.97. The second-order valence-corrected chi connectivity index (χ2v) is 4.82. The number of benzene rings is 1. The van der Waals surface area contributed by atoms with E-state index in [0.717, 1.165) is 12.8 Å². The van der Waals surface area contributed by atoms with Crippen LogP contribution in [-0.4, -0.2) is 16.4 Å². The number of para-hydroxylation sites is 1. The molecule has 98 valence electrons. The number of nitro groups is 1. The van der Waals surface area contributed by atoms with Crippen LogP contribution in [0.2, 0.25) is 0 Å². The molecule has 1 aliphatic rings.